The highest BCUT2D eigenvalue weighted by Gasteiger charge is 2.56. The molecular formula is C45H74ClNO10Si. The Morgan fingerprint density at radius 2 is 1.66 bits per heavy atom. The van der Waals surface area contributed by atoms with E-state index in [0.717, 1.165) is 30.4 Å². The van der Waals surface area contributed by atoms with Crippen molar-refractivity contribution in [3.8, 4) is 0 Å². The summed E-state index contributed by atoms with van der Waals surface area (Å²) in [6.45, 7) is 18.5. The molecule has 3 fully saturated rings. The lowest BCUT2D eigenvalue weighted by Gasteiger charge is -2.47. The number of nitrogens with zero attached hydrogens (tertiary/aromatic N) is 1. The van der Waals surface area contributed by atoms with E-state index in [2.05, 4.69) is 38.7 Å². The highest BCUT2D eigenvalue weighted by atomic mass is 35.5. The molecular weight excluding hydrogens is 778 g/mol. The molecule has 0 spiro atoms. The van der Waals surface area contributed by atoms with Gasteiger partial charge in [0.25, 0.3) is 11.7 Å². The fourth-order valence-corrected chi connectivity index (χ4v) is 11.2. The van der Waals surface area contributed by atoms with Crippen molar-refractivity contribution in [3.63, 3.8) is 0 Å². The topological polar surface area (TPSA) is 138 Å². The summed E-state index contributed by atoms with van der Waals surface area (Å²) in [5.41, 5.74) is 1.97. The maximum Gasteiger partial charge on any atom is 0.329 e. The molecule has 0 aromatic heterocycles. The van der Waals surface area contributed by atoms with Crippen molar-refractivity contribution < 1.29 is 47.7 Å². The predicted molar refractivity (Wildman–Crippen MR) is 228 cm³/mol. The number of rotatable bonds is 7. The van der Waals surface area contributed by atoms with Crippen LogP contribution in [-0.4, -0.2) is 110 Å². The van der Waals surface area contributed by atoms with Crippen LogP contribution < -0.4 is 0 Å². The maximum absolute atomic E-state index is 14.4. The van der Waals surface area contributed by atoms with Crippen LogP contribution in [0.25, 0.3) is 0 Å². The molecule has 13 atom stereocenters. The van der Waals surface area contributed by atoms with Crippen molar-refractivity contribution in [3.05, 3.63) is 23.3 Å². The van der Waals surface area contributed by atoms with Gasteiger partial charge in [0.15, 0.2) is 8.32 Å². The van der Waals surface area contributed by atoms with Crippen molar-refractivity contribution in [2.45, 2.75) is 186 Å². The van der Waals surface area contributed by atoms with E-state index in [0.29, 0.717) is 51.4 Å². The fourth-order valence-electron chi connectivity index (χ4n) is 9.70. The minimum atomic E-state index is -2.46. The minimum Gasteiger partial charge on any atom is -0.456 e. The molecule has 330 valence electrons. The quantitative estimate of drug-likeness (QED) is 0.0884. The van der Waals surface area contributed by atoms with Crippen molar-refractivity contribution in [2.75, 3.05) is 20.8 Å². The second-order valence-corrected chi connectivity index (χ2v) is 24.0. The van der Waals surface area contributed by atoms with E-state index in [9.17, 15) is 24.3 Å². The van der Waals surface area contributed by atoms with Gasteiger partial charge in [0.2, 0.25) is 5.79 Å². The Morgan fingerprint density at radius 1 is 0.983 bits per heavy atom. The summed E-state index contributed by atoms with van der Waals surface area (Å²) >= 11 is 6.77. The number of cyclic esters (lactones) is 1. The van der Waals surface area contributed by atoms with Gasteiger partial charge in [0, 0.05) is 39.0 Å². The number of methoxy groups -OCH3 is 2. The van der Waals surface area contributed by atoms with Crippen molar-refractivity contribution in [1.29, 1.82) is 0 Å². The number of carbonyl (C=O) groups is 4. The first-order valence-electron chi connectivity index (χ1n) is 21.9. The van der Waals surface area contributed by atoms with Gasteiger partial charge in [-0.15, -0.1) is 11.6 Å². The SMILES string of the molecule is CCC1/C=C(\C)CC(C)CC(OC)C2OC(O)(C(=O)C(=O)N3CCCCC3C(=O)OC(C(C)=CC3CCC(Cl)C(O[Si](C)(C)C)C3)C(C)CCC1=O)C(C)CC2OC. The zero-order chi connectivity index (χ0) is 43.1. The number of carbonyl (C=O) groups excluding carboxylic acids is 4. The van der Waals surface area contributed by atoms with Crippen LogP contribution in [-0.2, 0) is 42.6 Å². The van der Waals surface area contributed by atoms with Crippen molar-refractivity contribution >= 4 is 43.4 Å². The van der Waals surface area contributed by atoms with Gasteiger partial charge in [-0.25, -0.2) is 4.79 Å². The lowest BCUT2D eigenvalue weighted by molar-refractivity contribution is -0.302. The number of hydrogen-bond acceptors (Lipinski definition) is 10. The largest absolute Gasteiger partial charge is 0.456 e. The first-order chi connectivity index (χ1) is 27.2. The number of halogens is 1. The molecule has 1 N–H and O–H groups in total. The number of Topliss-reactive ketones (excluding diaryl/α,β-unsaturated/α-hetero) is 2. The maximum atomic E-state index is 14.4. The molecule has 4 aliphatic rings. The smallest absolute Gasteiger partial charge is 0.329 e. The molecule has 13 unspecified atom stereocenters. The number of esters is 1. The van der Waals surface area contributed by atoms with Crippen LogP contribution in [0.2, 0.25) is 19.6 Å². The van der Waals surface area contributed by atoms with E-state index < -0.39 is 68.1 Å². The summed E-state index contributed by atoms with van der Waals surface area (Å²) in [5.74, 6) is -5.99. The molecule has 11 nitrogen and oxygen atoms in total. The van der Waals surface area contributed by atoms with Crippen LogP contribution in [0.4, 0.5) is 0 Å². The lowest BCUT2D eigenvalue weighted by atomic mass is 9.82. The van der Waals surface area contributed by atoms with E-state index in [4.69, 9.17) is 35.0 Å². The van der Waals surface area contributed by atoms with Crippen LogP contribution in [0.15, 0.2) is 23.3 Å². The number of allylic oxidation sites excluding steroid dienone is 3. The number of hydrogen-bond donors (Lipinski definition) is 1. The summed E-state index contributed by atoms with van der Waals surface area (Å²) in [6, 6.07) is -1.03. The zero-order valence-corrected chi connectivity index (χ0v) is 39.0. The molecule has 0 aromatic carbocycles. The highest BCUT2D eigenvalue weighted by Crippen LogP contribution is 2.39. The number of piperidine rings is 1. The van der Waals surface area contributed by atoms with Crippen LogP contribution >= 0.6 is 11.6 Å². The summed E-state index contributed by atoms with van der Waals surface area (Å²) in [4.78, 5) is 58.0. The van der Waals surface area contributed by atoms with E-state index in [1.54, 1.807) is 21.1 Å². The van der Waals surface area contributed by atoms with Gasteiger partial charge in [-0.1, -0.05) is 45.4 Å². The van der Waals surface area contributed by atoms with Gasteiger partial charge in [-0.2, -0.15) is 0 Å². The number of aliphatic hydroxyl groups is 1. The Bertz CT molecular complexity index is 1500. The molecule has 0 aromatic rings. The van der Waals surface area contributed by atoms with Crippen LogP contribution in [0.1, 0.15) is 119 Å². The van der Waals surface area contributed by atoms with Gasteiger partial charge in [0.1, 0.15) is 24.0 Å². The molecule has 1 saturated carbocycles. The zero-order valence-electron chi connectivity index (χ0n) is 37.2. The second kappa shape index (κ2) is 21.2. The third-order valence-corrected chi connectivity index (χ3v) is 14.4. The summed E-state index contributed by atoms with van der Waals surface area (Å²) in [6.07, 6.45) is 8.59. The van der Waals surface area contributed by atoms with E-state index in [-0.39, 0.29) is 53.9 Å². The van der Waals surface area contributed by atoms with E-state index in [1.807, 2.05) is 27.7 Å². The van der Waals surface area contributed by atoms with Gasteiger partial charge in [0.05, 0.1) is 23.7 Å². The normalized spacial score (nSPS) is 39.6. The Morgan fingerprint density at radius 3 is 2.29 bits per heavy atom. The standard InChI is InChI=1S/C45H74ClNO10Si/c1-12-33-22-27(2)21-28(3)23-38(53-7)41-39(54-8)25-31(6)45(52,56-41)42(49)43(50)47-20-14-13-15-35(47)44(51)55-40(29(4)16-19-36(33)48)30(5)24-32-17-18-34(46)37(26-32)57-58(9,10)11/h22,24,28-29,31-35,37-41,52H,12-21,23,25-26H2,1-11H3/b27-22+,30-24?. The Kier molecular flexibility index (Phi) is 17.8. The highest BCUT2D eigenvalue weighted by molar-refractivity contribution is 6.69. The molecule has 0 radical (unpaired) electrons. The third kappa shape index (κ3) is 12.3. The number of amides is 1. The van der Waals surface area contributed by atoms with Crippen LogP contribution in [0, 0.1) is 29.6 Å². The van der Waals surface area contributed by atoms with E-state index >= 15 is 0 Å². The molecule has 2 saturated heterocycles. The predicted octanol–water partition coefficient (Wildman–Crippen LogP) is 7.95. The first-order valence-corrected chi connectivity index (χ1v) is 25.8. The molecule has 2 bridgehead atoms. The third-order valence-electron chi connectivity index (χ3n) is 12.9. The van der Waals surface area contributed by atoms with Gasteiger partial charge < -0.3 is 33.4 Å². The minimum absolute atomic E-state index is 0.0627. The summed E-state index contributed by atoms with van der Waals surface area (Å²) < 4.78 is 31.0. The second-order valence-electron chi connectivity index (χ2n) is 19.0. The van der Waals surface area contributed by atoms with Gasteiger partial charge >= 0.3 is 5.97 Å². The summed E-state index contributed by atoms with van der Waals surface area (Å²) in [7, 11) is 1.27. The average molecular weight is 853 g/mol. The Balaban J connectivity index is 1.73. The molecule has 13 heteroatoms. The Labute approximate surface area is 354 Å². The molecule has 1 aliphatic carbocycles. The van der Waals surface area contributed by atoms with Gasteiger partial charge in [-0.05, 0) is 127 Å². The molecule has 58 heavy (non-hydrogen) atoms. The molecule has 4 rings (SSSR count). The molecule has 3 heterocycles. The average Bonchev–Trinajstić information content (AvgIpc) is 3.17. The first kappa shape index (κ1) is 48.7. The van der Waals surface area contributed by atoms with Crippen molar-refractivity contribution in [1.82, 2.24) is 4.90 Å². The fraction of sp³-hybridized carbons (Fsp3) is 0.822. The number of fused-ring (bicyclic) bond motifs is 3. The van der Waals surface area contributed by atoms with Gasteiger partial charge in [-0.3, -0.25) is 14.4 Å². The Hall–Kier alpha value is -1.93. The number of ketones is 2. The van der Waals surface area contributed by atoms with Crippen LogP contribution in [0.5, 0.6) is 0 Å². The monoisotopic (exact) mass is 851 g/mol. The number of ether oxygens (including phenoxy) is 4. The molecule has 1 amide bonds. The van der Waals surface area contributed by atoms with Crippen molar-refractivity contribution in [2.24, 2.45) is 29.6 Å². The van der Waals surface area contributed by atoms with Crippen LogP contribution in [0.3, 0.4) is 0 Å². The lowest BCUT2D eigenvalue weighted by Crippen LogP contribution is -2.64. The molecule has 3 aliphatic heterocycles. The summed E-state index contributed by atoms with van der Waals surface area (Å²) in [5, 5.41) is 12.0. The number of alkyl halides is 1. The van der Waals surface area contributed by atoms with E-state index in [1.165, 1.54) is 4.90 Å².